The van der Waals surface area contributed by atoms with Crippen molar-refractivity contribution < 1.29 is 14.1 Å². The van der Waals surface area contributed by atoms with Crippen molar-refractivity contribution in [2.24, 2.45) is 17.1 Å². The van der Waals surface area contributed by atoms with Gasteiger partial charge in [0, 0.05) is 24.3 Å². The summed E-state index contributed by atoms with van der Waals surface area (Å²) in [6.45, 7) is 7.34. The molecule has 2 unspecified atom stereocenters. The highest BCUT2D eigenvalue weighted by Gasteiger charge is 2.34. The van der Waals surface area contributed by atoms with Crippen LogP contribution in [0.15, 0.2) is 0 Å². The van der Waals surface area contributed by atoms with Crippen molar-refractivity contribution in [3.05, 3.63) is 0 Å². The van der Waals surface area contributed by atoms with Crippen LogP contribution in [-0.4, -0.2) is 50.5 Å². The molecular weight excluding hydrogens is 254 g/mol. The second-order valence-corrected chi connectivity index (χ2v) is 7.05. The van der Waals surface area contributed by atoms with Crippen molar-refractivity contribution >= 4 is 11.8 Å². The summed E-state index contributed by atoms with van der Waals surface area (Å²) in [5, 5.41) is 2.99. The van der Waals surface area contributed by atoms with Gasteiger partial charge < -0.3 is 15.5 Å². The van der Waals surface area contributed by atoms with E-state index in [0.29, 0.717) is 19.4 Å². The molecule has 5 heteroatoms. The fraction of sp³-hybridized carbons (Fsp3) is 0.867. The predicted octanol–water partition coefficient (Wildman–Crippen LogP) is 1.13. The first kappa shape index (κ1) is 18.9. The van der Waals surface area contributed by atoms with Crippen LogP contribution < -0.4 is 11.1 Å². The highest BCUT2D eigenvalue weighted by molar-refractivity contribution is 5.83. The Bertz CT molecular complexity index is 337. The fourth-order valence-electron chi connectivity index (χ4n) is 2.14. The Hall–Kier alpha value is -1.10. The molecule has 0 saturated heterocycles. The number of hydrogen-bond acceptors (Lipinski definition) is 2. The standard InChI is InChI=1S/C15H31N3O2/c1-7-15(3,11-12(2)13(16)19)14(20)17-9-8-10-18(4,5)6/h12H,7-11H2,1-6H3,(H2-,16,17,19,20)/p+1. The molecule has 0 aliphatic rings. The first-order valence-corrected chi connectivity index (χ1v) is 7.40. The van der Waals surface area contributed by atoms with Crippen LogP contribution in [0.2, 0.25) is 0 Å². The van der Waals surface area contributed by atoms with E-state index in [0.717, 1.165) is 17.4 Å². The van der Waals surface area contributed by atoms with Crippen LogP contribution in [0.3, 0.4) is 0 Å². The molecule has 118 valence electrons. The summed E-state index contributed by atoms with van der Waals surface area (Å²) in [6, 6.07) is 0. The summed E-state index contributed by atoms with van der Waals surface area (Å²) in [5.74, 6) is -0.603. The van der Waals surface area contributed by atoms with E-state index in [1.54, 1.807) is 6.92 Å². The smallest absolute Gasteiger partial charge is 0.225 e. The Kier molecular flexibility index (Phi) is 7.20. The number of hydrogen-bond donors (Lipinski definition) is 2. The number of carbonyl (C=O) groups excluding carboxylic acids is 2. The zero-order valence-electron chi connectivity index (χ0n) is 14.0. The van der Waals surface area contributed by atoms with Gasteiger partial charge in [-0.1, -0.05) is 20.8 Å². The zero-order valence-corrected chi connectivity index (χ0v) is 14.0. The lowest BCUT2D eigenvalue weighted by molar-refractivity contribution is -0.870. The molecule has 0 radical (unpaired) electrons. The molecule has 0 spiro atoms. The van der Waals surface area contributed by atoms with E-state index in [4.69, 9.17) is 5.73 Å². The molecule has 0 aromatic rings. The predicted molar refractivity (Wildman–Crippen MR) is 81.9 cm³/mol. The van der Waals surface area contributed by atoms with Gasteiger partial charge in [-0.15, -0.1) is 0 Å². The number of carbonyl (C=O) groups is 2. The van der Waals surface area contributed by atoms with Crippen LogP contribution in [0.4, 0.5) is 0 Å². The van der Waals surface area contributed by atoms with Gasteiger partial charge in [0.15, 0.2) is 0 Å². The molecule has 20 heavy (non-hydrogen) atoms. The van der Waals surface area contributed by atoms with Gasteiger partial charge in [-0.25, -0.2) is 0 Å². The number of nitrogens with one attached hydrogen (secondary N) is 1. The normalized spacial score (nSPS) is 16.3. The maximum absolute atomic E-state index is 12.3. The lowest BCUT2D eigenvalue weighted by Gasteiger charge is -2.29. The Balaban J connectivity index is 4.36. The summed E-state index contributed by atoms with van der Waals surface area (Å²) < 4.78 is 0.889. The fourth-order valence-corrected chi connectivity index (χ4v) is 2.14. The third-order valence-corrected chi connectivity index (χ3v) is 3.86. The van der Waals surface area contributed by atoms with E-state index in [-0.39, 0.29) is 17.7 Å². The quantitative estimate of drug-likeness (QED) is 0.492. The average Bonchev–Trinajstić information content (AvgIpc) is 2.32. The molecule has 0 aliphatic carbocycles. The molecule has 3 N–H and O–H groups in total. The van der Waals surface area contributed by atoms with E-state index < -0.39 is 5.41 Å². The largest absolute Gasteiger partial charge is 0.369 e. The van der Waals surface area contributed by atoms with Crippen molar-refractivity contribution in [3.63, 3.8) is 0 Å². The summed E-state index contributed by atoms with van der Waals surface area (Å²) in [4.78, 5) is 23.5. The van der Waals surface area contributed by atoms with Crippen molar-refractivity contribution in [1.29, 1.82) is 0 Å². The average molecular weight is 286 g/mol. The van der Waals surface area contributed by atoms with Gasteiger partial charge in [0.05, 0.1) is 27.7 Å². The van der Waals surface area contributed by atoms with Crippen LogP contribution in [0.1, 0.15) is 40.0 Å². The van der Waals surface area contributed by atoms with E-state index in [9.17, 15) is 9.59 Å². The Morgan fingerprint density at radius 3 is 2.25 bits per heavy atom. The number of nitrogens with two attached hydrogens (primary N) is 1. The molecule has 2 atom stereocenters. The minimum Gasteiger partial charge on any atom is -0.369 e. The lowest BCUT2D eigenvalue weighted by atomic mass is 9.78. The van der Waals surface area contributed by atoms with Gasteiger partial charge in [-0.3, -0.25) is 9.59 Å². The molecule has 0 aliphatic heterocycles. The molecule has 5 nitrogen and oxygen atoms in total. The van der Waals surface area contributed by atoms with Gasteiger partial charge >= 0.3 is 0 Å². The van der Waals surface area contributed by atoms with Crippen LogP contribution in [0, 0.1) is 11.3 Å². The monoisotopic (exact) mass is 286 g/mol. The molecule has 0 aromatic heterocycles. The van der Waals surface area contributed by atoms with E-state index in [2.05, 4.69) is 26.5 Å². The minimum atomic E-state index is -0.523. The maximum Gasteiger partial charge on any atom is 0.225 e. The summed E-state index contributed by atoms with van der Waals surface area (Å²) in [5.41, 5.74) is 4.77. The van der Waals surface area contributed by atoms with Crippen molar-refractivity contribution in [2.75, 3.05) is 34.2 Å². The van der Waals surface area contributed by atoms with Crippen molar-refractivity contribution in [3.8, 4) is 0 Å². The Morgan fingerprint density at radius 1 is 1.30 bits per heavy atom. The summed E-state index contributed by atoms with van der Waals surface area (Å²) in [6.07, 6.45) is 2.15. The third-order valence-electron chi connectivity index (χ3n) is 3.86. The van der Waals surface area contributed by atoms with Gasteiger partial charge in [-0.05, 0) is 12.8 Å². The van der Waals surface area contributed by atoms with E-state index in [1.807, 2.05) is 13.8 Å². The van der Waals surface area contributed by atoms with Gasteiger partial charge in [-0.2, -0.15) is 0 Å². The van der Waals surface area contributed by atoms with Gasteiger partial charge in [0.1, 0.15) is 0 Å². The second-order valence-electron chi connectivity index (χ2n) is 7.05. The van der Waals surface area contributed by atoms with Gasteiger partial charge in [0.25, 0.3) is 0 Å². The first-order valence-electron chi connectivity index (χ1n) is 7.40. The highest BCUT2D eigenvalue weighted by Crippen LogP contribution is 2.30. The summed E-state index contributed by atoms with van der Waals surface area (Å²) in [7, 11) is 6.39. The Labute approximate surface area is 123 Å². The molecule has 0 rings (SSSR count). The van der Waals surface area contributed by atoms with E-state index >= 15 is 0 Å². The molecule has 2 amide bonds. The number of primary amides is 1. The van der Waals surface area contributed by atoms with Crippen LogP contribution in [-0.2, 0) is 9.59 Å². The molecule has 0 heterocycles. The van der Waals surface area contributed by atoms with Gasteiger partial charge in [0.2, 0.25) is 11.8 Å². The first-order chi connectivity index (χ1) is 9.02. The maximum atomic E-state index is 12.3. The van der Waals surface area contributed by atoms with Crippen LogP contribution in [0.25, 0.3) is 0 Å². The number of nitrogens with zero attached hydrogens (tertiary/aromatic N) is 1. The molecule has 0 bridgehead atoms. The second kappa shape index (κ2) is 7.62. The topological polar surface area (TPSA) is 72.2 Å². The molecule has 0 fully saturated rings. The highest BCUT2D eigenvalue weighted by atomic mass is 16.2. The molecule has 0 saturated carbocycles. The number of amides is 2. The SMILES string of the molecule is CCC(C)(CC(C)C(N)=O)C(=O)NCCC[N+](C)(C)C. The number of rotatable bonds is 9. The van der Waals surface area contributed by atoms with Crippen molar-refractivity contribution in [1.82, 2.24) is 5.32 Å². The summed E-state index contributed by atoms with van der Waals surface area (Å²) >= 11 is 0. The molecule has 0 aromatic carbocycles. The van der Waals surface area contributed by atoms with Crippen LogP contribution in [0.5, 0.6) is 0 Å². The lowest BCUT2D eigenvalue weighted by Crippen LogP contribution is -2.43. The number of quaternary nitrogens is 1. The van der Waals surface area contributed by atoms with Crippen molar-refractivity contribution in [2.45, 2.75) is 40.0 Å². The zero-order chi connectivity index (χ0) is 16.0. The van der Waals surface area contributed by atoms with Crippen LogP contribution >= 0.6 is 0 Å². The molecular formula is C15H32N3O2+. The Morgan fingerprint density at radius 2 is 1.85 bits per heavy atom. The third kappa shape index (κ3) is 6.89. The van der Waals surface area contributed by atoms with E-state index in [1.165, 1.54) is 0 Å². The minimum absolute atomic E-state index is 0.0227.